The lowest BCUT2D eigenvalue weighted by atomic mass is 10.2. The highest BCUT2D eigenvalue weighted by Crippen LogP contribution is 2.19. The second-order valence-electron chi connectivity index (χ2n) is 5.96. The Balaban J connectivity index is 1.86. The summed E-state index contributed by atoms with van der Waals surface area (Å²) in [7, 11) is -0.437. The number of hydrogen-bond acceptors (Lipinski definition) is 4. The molecule has 0 aliphatic heterocycles. The molecule has 8 heteroatoms. The van der Waals surface area contributed by atoms with Crippen LogP contribution in [0.3, 0.4) is 0 Å². The van der Waals surface area contributed by atoms with Gasteiger partial charge in [-0.3, -0.25) is 9.13 Å². The van der Waals surface area contributed by atoms with Gasteiger partial charge in [0.05, 0.1) is 22.5 Å². The zero-order valence-electron chi connectivity index (χ0n) is 14.9. The van der Waals surface area contributed by atoms with Gasteiger partial charge in [-0.2, -0.15) is 0 Å². The molecule has 0 bridgehead atoms. The molecule has 0 saturated carbocycles. The second kappa shape index (κ2) is 6.97. The van der Waals surface area contributed by atoms with Crippen LogP contribution >= 0.6 is 0 Å². The molecule has 1 heterocycles. The summed E-state index contributed by atoms with van der Waals surface area (Å²) in [4.78, 5) is 12.1. The van der Waals surface area contributed by atoms with E-state index in [1.165, 1.54) is 21.3 Å². The van der Waals surface area contributed by atoms with E-state index in [2.05, 4.69) is 4.72 Å². The van der Waals surface area contributed by atoms with Crippen LogP contribution in [0.4, 0.5) is 0 Å². The Hall–Kier alpha value is -2.58. The molecular weight excluding hydrogens is 354 g/mol. The molecule has 1 aromatic heterocycles. The van der Waals surface area contributed by atoms with Crippen molar-refractivity contribution in [3.8, 4) is 5.75 Å². The first kappa shape index (κ1) is 18.2. The molecule has 0 unspecified atom stereocenters. The fraction of sp³-hybridized carbons (Fsp3) is 0.278. The van der Waals surface area contributed by atoms with Crippen LogP contribution < -0.4 is 15.1 Å². The molecule has 0 amide bonds. The molecule has 0 aliphatic rings. The van der Waals surface area contributed by atoms with Gasteiger partial charge in [0.25, 0.3) is 0 Å². The number of sulfonamides is 1. The zero-order valence-corrected chi connectivity index (χ0v) is 15.7. The SMILES string of the molecule is CCOc1cccc(CNS(=O)(=O)c2ccc3c(c2)n(C)c(=O)n3C)c1. The van der Waals surface area contributed by atoms with E-state index in [1.54, 1.807) is 26.2 Å². The van der Waals surface area contributed by atoms with Crippen molar-refractivity contribution in [1.82, 2.24) is 13.9 Å². The maximum Gasteiger partial charge on any atom is 0.328 e. The van der Waals surface area contributed by atoms with Crippen LogP contribution in [0.2, 0.25) is 0 Å². The first-order valence-electron chi connectivity index (χ1n) is 8.20. The highest BCUT2D eigenvalue weighted by Gasteiger charge is 2.17. The smallest absolute Gasteiger partial charge is 0.328 e. The minimum Gasteiger partial charge on any atom is -0.494 e. The van der Waals surface area contributed by atoms with E-state index in [0.29, 0.717) is 23.4 Å². The van der Waals surface area contributed by atoms with Crippen molar-refractivity contribution in [2.75, 3.05) is 6.61 Å². The number of imidazole rings is 1. The molecule has 0 aliphatic carbocycles. The third-order valence-corrected chi connectivity index (χ3v) is 5.63. The lowest BCUT2D eigenvalue weighted by Crippen LogP contribution is -2.23. The average molecular weight is 375 g/mol. The van der Waals surface area contributed by atoms with Crippen molar-refractivity contribution in [3.63, 3.8) is 0 Å². The van der Waals surface area contributed by atoms with Crippen molar-refractivity contribution in [3.05, 3.63) is 58.5 Å². The Morgan fingerprint density at radius 1 is 1.04 bits per heavy atom. The largest absolute Gasteiger partial charge is 0.494 e. The summed E-state index contributed by atoms with van der Waals surface area (Å²) in [6, 6.07) is 11.9. The van der Waals surface area contributed by atoms with Crippen molar-refractivity contribution in [2.24, 2.45) is 14.1 Å². The molecule has 0 saturated heterocycles. The third kappa shape index (κ3) is 3.38. The van der Waals surface area contributed by atoms with E-state index in [0.717, 1.165) is 5.56 Å². The molecule has 0 atom stereocenters. The molecule has 0 spiro atoms. The van der Waals surface area contributed by atoms with E-state index in [1.807, 2.05) is 25.1 Å². The molecule has 138 valence electrons. The van der Waals surface area contributed by atoms with E-state index in [4.69, 9.17) is 4.74 Å². The van der Waals surface area contributed by atoms with Crippen LogP contribution in [0, 0.1) is 0 Å². The molecule has 0 radical (unpaired) electrons. The molecule has 3 rings (SSSR count). The van der Waals surface area contributed by atoms with Crippen molar-refractivity contribution >= 4 is 21.1 Å². The maximum atomic E-state index is 12.6. The van der Waals surface area contributed by atoms with Crippen LogP contribution in [-0.4, -0.2) is 24.2 Å². The van der Waals surface area contributed by atoms with Gasteiger partial charge < -0.3 is 4.74 Å². The third-order valence-electron chi connectivity index (χ3n) is 4.23. The summed E-state index contributed by atoms with van der Waals surface area (Å²) in [6.07, 6.45) is 0. The van der Waals surface area contributed by atoms with Crippen LogP contribution in [-0.2, 0) is 30.7 Å². The number of aromatic nitrogens is 2. The number of ether oxygens (including phenoxy) is 1. The van der Waals surface area contributed by atoms with Crippen LogP contribution in [0.15, 0.2) is 52.2 Å². The minimum absolute atomic E-state index is 0.118. The number of nitrogens with zero attached hydrogens (tertiary/aromatic N) is 2. The zero-order chi connectivity index (χ0) is 18.9. The van der Waals surface area contributed by atoms with Gasteiger partial charge >= 0.3 is 5.69 Å². The van der Waals surface area contributed by atoms with Crippen LogP contribution in [0.25, 0.3) is 11.0 Å². The minimum atomic E-state index is -3.71. The summed E-state index contributed by atoms with van der Waals surface area (Å²) >= 11 is 0. The van der Waals surface area contributed by atoms with Crippen LogP contribution in [0.1, 0.15) is 12.5 Å². The van der Waals surface area contributed by atoms with E-state index in [-0.39, 0.29) is 17.1 Å². The van der Waals surface area contributed by atoms with Gasteiger partial charge in [-0.1, -0.05) is 12.1 Å². The molecule has 2 aromatic carbocycles. The summed E-state index contributed by atoms with van der Waals surface area (Å²) < 4.78 is 36.2. The van der Waals surface area contributed by atoms with E-state index < -0.39 is 10.0 Å². The van der Waals surface area contributed by atoms with E-state index in [9.17, 15) is 13.2 Å². The van der Waals surface area contributed by atoms with Gasteiger partial charge in [0.1, 0.15) is 5.75 Å². The van der Waals surface area contributed by atoms with Gasteiger partial charge in [0.2, 0.25) is 10.0 Å². The first-order chi connectivity index (χ1) is 12.3. The molecule has 1 N–H and O–H groups in total. The Morgan fingerprint density at radius 2 is 1.77 bits per heavy atom. The fourth-order valence-corrected chi connectivity index (χ4v) is 3.86. The first-order valence-corrected chi connectivity index (χ1v) is 9.68. The number of hydrogen-bond donors (Lipinski definition) is 1. The normalized spacial score (nSPS) is 11.8. The second-order valence-corrected chi connectivity index (χ2v) is 7.72. The molecule has 7 nitrogen and oxygen atoms in total. The van der Waals surface area contributed by atoms with Crippen molar-refractivity contribution < 1.29 is 13.2 Å². The number of nitrogens with one attached hydrogen (secondary N) is 1. The van der Waals surface area contributed by atoms with Gasteiger partial charge in [-0.25, -0.2) is 17.9 Å². The molecule has 3 aromatic rings. The number of rotatable bonds is 6. The predicted octanol–water partition coefficient (Wildman–Crippen LogP) is 1.75. The summed E-state index contributed by atoms with van der Waals surface area (Å²) in [5.41, 5.74) is 1.85. The fourth-order valence-electron chi connectivity index (χ4n) is 2.83. The van der Waals surface area contributed by atoms with Gasteiger partial charge in [0.15, 0.2) is 0 Å². The summed E-state index contributed by atoms with van der Waals surface area (Å²) in [6.45, 7) is 2.59. The molecular formula is C18H21N3O4S. The standard InChI is InChI=1S/C18H21N3O4S/c1-4-25-14-7-5-6-13(10-14)12-19-26(23,24)15-8-9-16-17(11-15)21(3)18(22)20(16)2/h5-11,19H,4,12H2,1-3H3. The number of benzene rings is 2. The average Bonchev–Trinajstić information content (AvgIpc) is 2.85. The molecule has 26 heavy (non-hydrogen) atoms. The number of aryl methyl sites for hydroxylation is 2. The summed E-state index contributed by atoms with van der Waals surface area (Å²) in [5, 5.41) is 0. The Labute approximate surface area is 151 Å². The van der Waals surface area contributed by atoms with Crippen LogP contribution in [0.5, 0.6) is 5.75 Å². The topological polar surface area (TPSA) is 82.3 Å². The highest BCUT2D eigenvalue weighted by molar-refractivity contribution is 7.89. The Kier molecular flexibility index (Phi) is 4.88. The van der Waals surface area contributed by atoms with Gasteiger partial charge in [-0.15, -0.1) is 0 Å². The van der Waals surface area contributed by atoms with E-state index >= 15 is 0 Å². The highest BCUT2D eigenvalue weighted by atomic mass is 32.2. The van der Waals surface area contributed by atoms with Gasteiger partial charge in [-0.05, 0) is 42.8 Å². The molecule has 0 fully saturated rings. The Bertz CT molecular complexity index is 1110. The Morgan fingerprint density at radius 3 is 2.50 bits per heavy atom. The monoisotopic (exact) mass is 375 g/mol. The lowest BCUT2D eigenvalue weighted by molar-refractivity contribution is 0.340. The van der Waals surface area contributed by atoms with Crippen molar-refractivity contribution in [1.29, 1.82) is 0 Å². The maximum absolute atomic E-state index is 12.6. The number of fused-ring (bicyclic) bond motifs is 1. The van der Waals surface area contributed by atoms with Gasteiger partial charge in [0, 0.05) is 20.6 Å². The quantitative estimate of drug-likeness (QED) is 0.712. The summed E-state index contributed by atoms with van der Waals surface area (Å²) in [5.74, 6) is 0.699. The predicted molar refractivity (Wildman–Crippen MR) is 99.8 cm³/mol. The van der Waals surface area contributed by atoms with Crippen molar-refractivity contribution in [2.45, 2.75) is 18.4 Å². The lowest BCUT2D eigenvalue weighted by Gasteiger charge is -2.09.